The zero-order valence-electron chi connectivity index (χ0n) is 9.40. The number of hydrogen-bond donors (Lipinski definition) is 0. The molecule has 1 heterocycles. The Balaban J connectivity index is 2.53. The zero-order valence-corrected chi connectivity index (χ0v) is 9.40. The first-order chi connectivity index (χ1) is 8.41. The lowest BCUT2D eigenvalue weighted by atomic mass is 10.0. The Hall–Kier alpha value is -2.11. The van der Waals surface area contributed by atoms with Gasteiger partial charge in [-0.05, 0) is 6.07 Å². The molecule has 0 radical (unpaired) electrons. The molecule has 2 aromatic rings. The van der Waals surface area contributed by atoms with Gasteiger partial charge >= 0.3 is 6.18 Å². The van der Waals surface area contributed by atoms with Crippen molar-refractivity contribution in [2.75, 3.05) is 0 Å². The summed E-state index contributed by atoms with van der Waals surface area (Å²) in [6, 6.07) is 4.68. The number of benzene rings is 1. The van der Waals surface area contributed by atoms with Crippen molar-refractivity contribution in [3.63, 3.8) is 0 Å². The van der Waals surface area contributed by atoms with Crippen LogP contribution in [-0.2, 0) is 13.2 Å². The molecule has 18 heavy (non-hydrogen) atoms. The van der Waals surface area contributed by atoms with Gasteiger partial charge in [-0.3, -0.25) is 4.79 Å². The van der Waals surface area contributed by atoms with E-state index in [1.165, 1.54) is 29.1 Å². The fourth-order valence-corrected chi connectivity index (χ4v) is 1.63. The van der Waals surface area contributed by atoms with Crippen LogP contribution in [0.1, 0.15) is 21.7 Å². The molecule has 0 fully saturated rings. The van der Waals surface area contributed by atoms with Crippen LogP contribution in [0.25, 0.3) is 0 Å². The van der Waals surface area contributed by atoms with Crippen molar-refractivity contribution in [1.82, 2.24) is 9.55 Å². The Morgan fingerprint density at radius 3 is 2.50 bits per heavy atom. The molecule has 0 saturated carbocycles. The van der Waals surface area contributed by atoms with E-state index in [0.29, 0.717) is 0 Å². The van der Waals surface area contributed by atoms with Gasteiger partial charge in [-0.15, -0.1) is 0 Å². The summed E-state index contributed by atoms with van der Waals surface area (Å²) < 4.78 is 39.7. The first kappa shape index (κ1) is 12.3. The summed E-state index contributed by atoms with van der Waals surface area (Å²) in [7, 11) is 1.55. The highest BCUT2D eigenvalue weighted by Gasteiger charge is 2.35. The van der Waals surface area contributed by atoms with Crippen molar-refractivity contribution >= 4 is 5.78 Å². The Bertz CT molecular complexity index is 587. The van der Waals surface area contributed by atoms with E-state index >= 15 is 0 Å². The minimum absolute atomic E-state index is 0.0216. The first-order valence-corrected chi connectivity index (χ1v) is 5.09. The summed E-state index contributed by atoms with van der Waals surface area (Å²) in [6.07, 6.45) is -1.69. The van der Waals surface area contributed by atoms with Gasteiger partial charge in [-0.2, -0.15) is 13.2 Å². The molecule has 0 unspecified atom stereocenters. The predicted octanol–water partition coefficient (Wildman–Crippen LogP) is 2.67. The first-order valence-electron chi connectivity index (χ1n) is 5.09. The highest BCUT2D eigenvalue weighted by Crippen LogP contribution is 2.32. The van der Waals surface area contributed by atoms with E-state index in [2.05, 4.69) is 4.98 Å². The van der Waals surface area contributed by atoms with E-state index in [1.807, 2.05) is 0 Å². The molecule has 0 aliphatic heterocycles. The Kier molecular flexibility index (Phi) is 2.94. The minimum Gasteiger partial charge on any atom is -0.331 e. The van der Waals surface area contributed by atoms with Crippen molar-refractivity contribution in [3.05, 3.63) is 53.6 Å². The standard InChI is InChI=1S/C12H9F3N2O/c1-17-7-6-16-11(17)10(18)8-4-2-3-5-9(8)12(13,14)15/h2-7H,1H3. The van der Waals surface area contributed by atoms with Crippen molar-refractivity contribution in [2.45, 2.75) is 6.18 Å². The van der Waals surface area contributed by atoms with E-state index in [9.17, 15) is 18.0 Å². The van der Waals surface area contributed by atoms with Gasteiger partial charge in [0.15, 0.2) is 5.82 Å². The van der Waals surface area contributed by atoms with Gasteiger partial charge in [-0.1, -0.05) is 18.2 Å². The molecule has 0 atom stereocenters. The molecule has 6 heteroatoms. The minimum atomic E-state index is -4.56. The summed E-state index contributed by atoms with van der Waals surface area (Å²) in [5, 5.41) is 0. The highest BCUT2D eigenvalue weighted by atomic mass is 19.4. The molecule has 0 N–H and O–H groups in total. The number of carbonyl (C=O) groups excluding carboxylic acids is 1. The van der Waals surface area contributed by atoms with Crippen LogP contribution < -0.4 is 0 Å². The van der Waals surface area contributed by atoms with Crippen LogP contribution in [-0.4, -0.2) is 15.3 Å². The third-order valence-electron chi connectivity index (χ3n) is 2.50. The maximum atomic E-state index is 12.8. The molecule has 94 valence electrons. The van der Waals surface area contributed by atoms with Crippen LogP contribution >= 0.6 is 0 Å². The quantitative estimate of drug-likeness (QED) is 0.772. The number of nitrogens with zero attached hydrogens (tertiary/aromatic N) is 2. The number of aryl methyl sites for hydroxylation is 1. The Labute approximate surface area is 101 Å². The van der Waals surface area contributed by atoms with Crippen molar-refractivity contribution < 1.29 is 18.0 Å². The lowest BCUT2D eigenvalue weighted by molar-refractivity contribution is -0.137. The number of imidazole rings is 1. The highest BCUT2D eigenvalue weighted by molar-refractivity contribution is 6.07. The molecule has 0 spiro atoms. The molecule has 2 rings (SSSR count). The normalized spacial score (nSPS) is 11.6. The van der Waals surface area contributed by atoms with Crippen LogP contribution in [0.2, 0.25) is 0 Å². The maximum absolute atomic E-state index is 12.8. The van der Waals surface area contributed by atoms with Gasteiger partial charge in [0.2, 0.25) is 5.78 Å². The number of alkyl halides is 3. The predicted molar refractivity (Wildman–Crippen MR) is 58.1 cm³/mol. The second-order valence-electron chi connectivity index (χ2n) is 3.73. The molecule has 0 saturated heterocycles. The van der Waals surface area contributed by atoms with Crippen LogP contribution in [0.3, 0.4) is 0 Å². The lowest BCUT2D eigenvalue weighted by Crippen LogP contribution is -2.16. The van der Waals surface area contributed by atoms with Crippen molar-refractivity contribution in [2.24, 2.45) is 7.05 Å². The Morgan fingerprint density at radius 1 is 1.28 bits per heavy atom. The van der Waals surface area contributed by atoms with E-state index < -0.39 is 17.5 Å². The summed E-state index contributed by atoms with van der Waals surface area (Å²) in [6.45, 7) is 0. The summed E-state index contributed by atoms with van der Waals surface area (Å²) >= 11 is 0. The maximum Gasteiger partial charge on any atom is 0.417 e. The van der Waals surface area contributed by atoms with Crippen LogP contribution in [0, 0.1) is 0 Å². The number of halogens is 3. The Morgan fingerprint density at radius 2 is 1.94 bits per heavy atom. The fourth-order valence-electron chi connectivity index (χ4n) is 1.63. The molecule has 1 aromatic heterocycles. The average molecular weight is 254 g/mol. The van der Waals surface area contributed by atoms with Crippen LogP contribution in [0.15, 0.2) is 36.7 Å². The van der Waals surface area contributed by atoms with Gasteiger partial charge in [0, 0.05) is 25.0 Å². The summed E-state index contributed by atoms with van der Waals surface area (Å²) in [4.78, 5) is 15.8. The number of rotatable bonds is 2. The van der Waals surface area contributed by atoms with E-state index in [4.69, 9.17) is 0 Å². The largest absolute Gasteiger partial charge is 0.417 e. The fraction of sp³-hybridized carbons (Fsp3) is 0.167. The average Bonchev–Trinajstić information content (AvgIpc) is 2.73. The van der Waals surface area contributed by atoms with E-state index in [1.54, 1.807) is 7.05 Å². The van der Waals surface area contributed by atoms with Crippen molar-refractivity contribution in [1.29, 1.82) is 0 Å². The van der Waals surface area contributed by atoms with E-state index in [0.717, 1.165) is 12.1 Å². The lowest BCUT2D eigenvalue weighted by Gasteiger charge is -2.11. The van der Waals surface area contributed by atoms with Crippen molar-refractivity contribution in [3.8, 4) is 0 Å². The zero-order chi connectivity index (χ0) is 13.3. The van der Waals surface area contributed by atoms with Gasteiger partial charge in [-0.25, -0.2) is 4.98 Å². The molecule has 1 aromatic carbocycles. The molecule has 0 aliphatic carbocycles. The SMILES string of the molecule is Cn1ccnc1C(=O)c1ccccc1C(F)(F)F. The molecule has 0 aliphatic rings. The number of aromatic nitrogens is 2. The van der Waals surface area contributed by atoms with Gasteiger partial charge in [0.25, 0.3) is 0 Å². The van der Waals surface area contributed by atoms with Crippen LogP contribution in [0.5, 0.6) is 0 Å². The van der Waals surface area contributed by atoms with Gasteiger partial charge in [0.1, 0.15) is 0 Å². The second-order valence-corrected chi connectivity index (χ2v) is 3.73. The molecule has 0 bridgehead atoms. The number of hydrogen-bond acceptors (Lipinski definition) is 2. The third-order valence-corrected chi connectivity index (χ3v) is 2.50. The molecular weight excluding hydrogens is 245 g/mol. The summed E-state index contributed by atoms with van der Waals surface area (Å²) in [5.41, 5.74) is -1.34. The van der Waals surface area contributed by atoms with Crippen LogP contribution in [0.4, 0.5) is 13.2 Å². The molecule has 3 nitrogen and oxygen atoms in total. The second kappa shape index (κ2) is 4.29. The third kappa shape index (κ3) is 2.13. The smallest absolute Gasteiger partial charge is 0.331 e. The van der Waals surface area contributed by atoms with Gasteiger partial charge in [0.05, 0.1) is 5.56 Å². The number of carbonyl (C=O) groups is 1. The topological polar surface area (TPSA) is 34.9 Å². The van der Waals surface area contributed by atoms with E-state index in [-0.39, 0.29) is 11.4 Å². The van der Waals surface area contributed by atoms with Gasteiger partial charge < -0.3 is 4.57 Å². The molecular formula is C12H9F3N2O. The molecule has 0 amide bonds. The summed E-state index contributed by atoms with van der Waals surface area (Å²) in [5.74, 6) is -0.762. The monoisotopic (exact) mass is 254 g/mol. The number of ketones is 1.